The summed E-state index contributed by atoms with van der Waals surface area (Å²) in [6.45, 7) is 2.46. The molecule has 0 unspecified atom stereocenters. The van der Waals surface area contributed by atoms with Crippen LogP contribution in [0, 0.1) is 0 Å². The predicted molar refractivity (Wildman–Crippen MR) is 70.9 cm³/mol. The Morgan fingerprint density at radius 3 is 2.78 bits per heavy atom. The van der Waals surface area contributed by atoms with Crippen LogP contribution in [0.25, 0.3) is 11.3 Å². The van der Waals surface area contributed by atoms with Gasteiger partial charge in [-0.05, 0) is 18.6 Å². The lowest BCUT2D eigenvalue weighted by Crippen LogP contribution is -1.94. The molecule has 0 spiro atoms. The molecule has 0 saturated carbocycles. The third-order valence-electron chi connectivity index (χ3n) is 2.70. The molecule has 0 amide bonds. The summed E-state index contributed by atoms with van der Waals surface area (Å²) in [4.78, 5) is 0. The monoisotopic (exact) mass is 314 g/mol. The Hall–Kier alpha value is -1.23. The van der Waals surface area contributed by atoms with E-state index in [-0.39, 0.29) is 5.56 Å². The molecule has 2 rings (SSSR count). The molecule has 0 N–H and O–H groups in total. The molecule has 5 heteroatoms. The normalized spacial score (nSPS) is 11.2. The highest BCUT2D eigenvalue weighted by molar-refractivity contribution is 9.08. The van der Waals surface area contributed by atoms with Crippen LogP contribution in [0.1, 0.15) is 24.5 Å². The molecule has 0 fully saturated rings. The number of hydrogen-bond acceptors (Lipinski definition) is 1. The highest BCUT2D eigenvalue weighted by Crippen LogP contribution is 2.30. The Balaban J connectivity index is 2.51. The van der Waals surface area contributed by atoms with Crippen LogP contribution >= 0.6 is 15.9 Å². The fraction of sp³-hybridized carbons (Fsp3) is 0.308. The Labute approximate surface area is 113 Å². The first-order valence-corrected chi connectivity index (χ1v) is 6.78. The Kier molecular flexibility index (Phi) is 4.11. The number of hydrogen-bond donors (Lipinski definition) is 0. The van der Waals surface area contributed by atoms with E-state index >= 15 is 0 Å². The summed E-state index contributed by atoms with van der Waals surface area (Å²) in [5.41, 5.74) is 2.13. The fourth-order valence-electron chi connectivity index (χ4n) is 1.78. The van der Waals surface area contributed by atoms with Crippen LogP contribution in [-0.2, 0) is 11.9 Å². The SMILES string of the molecule is CCn1cc(C(F)F)c(-c2cccc(CBr)c2)n1. The third kappa shape index (κ3) is 2.61. The van der Waals surface area contributed by atoms with Gasteiger partial charge in [-0.3, -0.25) is 4.68 Å². The van der Waals surface area contributed by atoms with Gasteiger partial charge in [0, 0.05) is 23.6 Å². The molecule has 0 aliphatic rings. The average Bonchev–Trinajstić information content (AvgIpc) is 2.83. The van der Waals surface area contributed by atoms with E-state index in [9.17, 15) is 8.78 Å². The number of aromatic nitrogens is 2. The number of halogens is 3. The molecule has 0 atom stereocenters. The van der Waals surface area contributed by atoms with Crippen molar-refractivity contribution in [2.75, 3.05) is 0 Å². The quantitative estimate of drug-likeness (QED) is 0.765. The lowest BCUT2D eigenvalue weighted by atomic mass is 10.1. The molecule has 0 aliphatic carbocycles. The molecule has 1 aromatic heterocycles. The van der Waals surface area contributed by atoms with Crippen molar-refractivity contribution in [2.24, 2.45) is 0 Å². The standard InChI is InChI=1S/C13H13BrF2N2/c1-2-18-8-11(13(15)16)12(17-18)10-5-3-4-9(6-10)7-14/h3-6,8,13H,2,7H2,1H3. The van der Waals surface area contributed by atoms with Crippen LogP contribution in [0.4, 0.5) is 8.78 Å². The van der Waals surface area contributed by atoms with Gasteiger partial charge in [0.1, 0.15) is 5.69 Å². The van der Waals surface area contributed by atoms with Crippen LogP contribution in [-0.4, -0.2) is 9.78 Å². The van der Waals surface area contributed by atoms with E-state index in [0.29, 0.717) is 17.6 Å². The summed E-state index contributed by atoms with van der Waals surface area (Å²) in [5.74, 6) is 0. The number of nitrogens with zero attached hydrogens (tertiary/aromatic N) is 2. The van der Waals surface area contributed by atoms with Crippen molar-refractivity contribution in [2.45, 2.75) is 25.2 Å². The molecule has 2 aromatic rings. The maximum absolute atomic E-state index is 13.0. The van der Waals surface area contributed by atoms with Gasteiger partial charge in [0.25, 0.3) is 6.43 Å². The molecule has 0 aliphatic heterocycles. The van der Waals surface area contributed by atoms with Gasteiger partial charge in [0.15, 0.2) is 0 Å². The van der Waals surface area contributed by atoms with E-state index in [2.05, 4.69) is 21.0 Å². The molecule has 1 aromatic carbocycles. The minimum Gasteiger partial charge on any atom is -0.272 e. The lowest BCUT2D eigenvalue weighted by molar-refractivity contribution is 0.152. The van der Waals surface area contributed by atoms with Gasteiger partial charge in [-0.25, -0.2) is 8.78 Å². The second-order valence-corrected chi connectivity index (χ2v) is 4.48. The highest BCUT2D eigenvalue weighted by atomic mass is 79.9. The van der Waals surface area contributed by atoms with Gasteiger partial charge in [-0.2, -0.15) is 5.10 Å². The molecule has 96 valence electrons. The second kappa shape index (κ2) is 5.61. The summed E-state index contributed by atoms with van der Waals surface area (Å²) in [5, 5.41) is 4.91. The van der Waals surface area contributed by atoms with Gasteiger partial charge >= 0.3 is 0 Å². The van der Waals surface area contributed by atoms with Gasteiger partial charge in [0.2, 0.25) is 0 Å². The van der Waals surface area contributed by atoms with Crippen LogP contribution in [0.15, 0.2) is 30.5 Å². The molecule has 0 saturated heterocycles. The van der Waals surface area contributed by atoms with Gasteiger partial charge in [-0.1, -0.05) is 34.1 Å². The van der Waals surface area contributed by atoms with Crippen molar-refractivity contribution in [1.82, 2.24) is 9.78 Å². The van der Waals surface area contributed by atoms with Crippen LogP contribution in [0.3, 0.4) is 0 Å². The zero-order chi connectivity index (χ0) is 13.1. The second-order valence-electron chi connectivity index (χ2n) is 3.92. The van der Waals surface area contributed by atoms with E-state index in [0.717, 1.165) is 11.1 Å². The van der Waals surface area contributed by atoms with Crippen molar-refractivity contribution in [3.05, 3.63) is 41.6 Å². The van der Waals surface area contributed by atoms with Crippen LogP contribution in [0.2, 0.25) is 0 Å². The van der Waals surface area contributed by atoms with E-state index in [4.69, 9.17) is 0 Å². The minimum atomic E-state index is -2.51. The maximum atomic E-state index is 13.0. The molecule has 1 heterocycles. The molecule has 0 radical (unpaired) electrons. The van der Waals surface area contributed by atoms with E-state index < -0.39 is 6.43 Å². The van der Waals surface area contributed by atoms with Crippen molar-refractivity contribution < 1.29 is 8.78 Å². The number of rotatable bonds is 4. The van der Waals surface area contributed by atoms with E-state index in [1.54, 1.807) is 6.07 Å². The van der Waals surface area contributed by atoms with Crippen molar-refractivity contribution in [1.29, 1.82) is 0 Å². The fourth-order valence-corrected chi connectivity index (χ4v) is 2.13. The van der Waals surface area contributed by atoms with Gasteiger partial charge < -0.3 is 0 Å². The first kappa shape index (κ1) is 13.2. The summed E-state index contributed by atoms with van der Waals surface area (Å²) in [6.07, 6.45) is -1.09. The van der Waals surface area contributed by atoms with Gasteiger partial charge in [0.05, 0.1) is 5.56 Å². The Morgan fingerprint density at radius 1 is 1.39 bits per heavy atom. The zero-order valence-corrected chi connectivity index (χ0v) is 11.5. The smallest absolute Gasteiger partial charge is 0.267 e. The largest absolute Gasteiger partial charge is 0.272 e. The molecule has 18 heavy (non-hydrogen) atoms. The molecular weight excluding hydrogens is 302 g/mol. The van der Waals surface area contributed by atoms with Crippen LogP contribution in [0.5, 0.6) is 0 Å². The lowest BCUT2D eigenvalue weighted by Gasteiger charge is -2.03. The first-order valence-electron chi connectivity index (χ1n) is 5.66. The Bertz CT molecular complexity index is 538. The first-order chi connectivity index (χ1) is 8.65. The molecule has 2 nitrogen and oxygen atoms in total. The van der Waals surface area contributed by atoms with E-state index in [1.807, 2.05) is 25.1 Å². The maximum Gasteiger partial charge on any atom is 0.267 e. The molecular formula is C13H13BrF2N2. The van der Waals surface area contributed by atoms with Crippen molar-refractivity contribution >= 4 is 15.9 Å². The van der Waals surface area contributed by atoms with Crippen molar-refractivity contribution in [3.63, 3.8) is 0 Å². The summed E-state index contributed by atoms with van der Waals surface area (Å²) < 4.78 is 27.5. The highest BCUT2D eigenvalue weighted by Gasteiger charge is 2.18. The third-order valence-corrected chi connectivity index (χ3v) is 3.35. The predicted octanol–water partition coefficient (Wildman–Crippen LogP) is 4.40. The topological polar surface area (TPSA) is 17.8 Å². The van der Waals surface area contributed by atoms with Crippen molar-refractivity contribution in [3.8, 4) is 11.3 Å². The summed E-state index contributed by atoms with van der Waals surface area (Å²) in [6, 6.07) is 7.48. The summed E-state index contributed by atoms with van der Waals surface area (Å²) >= 11 is 3.36. The Morgan fingerprint density at radius 2 is 2.17 bits per heavy atom. The van der Waals surface area contributed by atoms with E-state index in [1.165, 1.54) is 10.9 Å². The zero-order valence-electron chi connectivity index (χ0n) is 9.91. The summed E-state index contributed by atoms with van der Waals surface area (Å²) in [7, 11) is 0. The average molecular weight is 315 g/mol. The minimum absolute atomic E-state index is 0.0106. The molecule has 0 bridgehead atoms. The number of alkyl halides is 3. The number of aryl methyl sites for hydroxylation is 1. The van der Waals surface area contributed by atoms with Crippen LogP contribution < -0.4 is 0 Å². The van der Waals surface area contributed by atoms with Gasteiger partial charge in [-0.15, -0.1) is 0 Å². The number of benzene rings is 1.